The van der Waals surface area contributed by atoms with Crippen molar-refractivity contribution >= 4 is 40.9 Å². The van der Waals surface area contributed by atoms with Crippen LogP contribution in [0.3, 0.4) is 0 Å². The Kier molecular flexibility index (Phi) is 8.47. The van der Waals surface area contributed by atoms with Crippen molar-refractivity contribution in [2.45, 2.75) is 50.2 Å². The van der Waals surface area contributed by atoms with Crippen molar-refractivity contribution in [3.63, 3.8) is 0 Å². The molecule has 2 heterocycles. The Morgan fingerprint density at radius 1 is 1.17 bits per heavy atom. The van der Waals surface area contributed by atoms with E-state index in [1.54, 1.807) is 30.7 Å². The van der Waals surface area contributed by atoms with E-state index in [1.807, 2.05) is 31.2 Å². The maximum atomic E-state index is 12.8. The average molecular weight is 602 g/mol. The topological polar surface area (TPSA) is 129 Å². The Labute approximate surface area is 252 Å². The van der Waals surface area contributed by atoms with Crippen molar-refractivity contribution in [3.05, 3.63) is 93.4 Å². The molecule has 1 aliphatic carbocycles. The van der Waals surface area contributed by atoms with Crippen LogP contribution in [0.15, 0.2) is 66.1 Å². The van der Waals surface area contributed by atoms with Gasteiger partial charge in [-0.15, -0.1) is 5.10 Å². The molecule has 0 radical (unpaired) electrons. The number of carbonyl (C=O) groups is 2. The molecule has 42 heavy (non-hydrogen) atoms. The molecule has 10 nitrogen and oxygen atoms in total. The number of tetrazole rings is 1. The van der Waals surface area contributed by atoms with E-state index in [0.717, 1.165) is 11.1 Å². The Bertz CT molecular complexity index is 1710. The van der Waals surface area contributed by atoms with Crippen LogP contribution >= 0.6 is 23.4 Å². The fourth-order valence-corrected chi connectivity index (χ4v) is 5.12. The highest BCUT2D eigenvalue weighted by atomic mass is 35.5. The summed E-state index contributed by atoms with van der Waals surface area (Å²) in [5, 5.41) is 29.9. The van der Waals surface area contributed by atoms with Crippen molar-refractivity contribution in [3.8, 4) is 17.5 Å². The number of pyridine rings is 1. The average Bonchev–Trinajstić information content (AvgIpc) is 3.70. The summed E-state index contributed by atoms with van der Waals surface area (Å²) >= 11 is 7.74. The van der Waals surface area contributed by atoms with Gasteiger partial charge >= 0.3 is 0 Å². The highest BCUT2D eigenvalue weighted by Crippen LogP contribution is 2.41. The smallest absolute Gasteiger partial charge is 0.252 e. The van der Waals surface area contributed by atoms with Gasteiger partial charge in [-0.25, -0.2) is 0 Å². The predicted molar refractivity (Wildman–Crippen MR) is 160 cm³/mol. The first kappa shape index (κ1) is 29.1. The second-order valence-corrected chi connectivity index (χ2v) is 11.9. The lowest BCUT2D eigenvalue weighted by molar-refractivity contribution is -0.605. The summed E-state index contributed by atoms with van der Waals surface area (Å²) in [6.45, 7) is 5.47. The predicted octanol–water partition coefficient (Wildman–Crippen LogP) is 4.43. The monoisotopic (exact) mass is 601 g/mol. The summed E-state index contributed by atoms with van der Waals surface area (Å²) in [6, 6.07) is 14.3. The summed E-state index contributed by atoms with van der Waals surface area (Å²) < 4.78 is 2.16. The molecule has 2 N–H and O–H groups in total. The van der Waals surface area contributed by atoms with Crippen LogP contribution in [0.4, 0.5) is 5.69 Å². The first-order valence-electron chi connectivity index (χ1n) is 13.2. The molecular weight excluding hydrogens is 574 g/mol. The van der Waals surface area contributed by atoms with Crippen LogP contribution in [0.25, 0.3) is 5.69 Å². The summed E-state index contributed by atoms with van der Waals surface area (Å²) in [4.78, 5) is 25.3. The molecule has 2 aromatic carbocycles. The summed E-state index contributed by atoms with van der Waals surface area (Å²) in [6.07, 6.45) is 4.91. The van der Waals surface area contributed by atoms with Crippen LogP contribution in [0.2, 0.25) is 5.02 Å². The minimum atomic E-state index is -0.822. The number of thioether (sulfide) groups is 1. The minimum absolute atomic E-state index is 0.100. The number of aryl methyl sites for hydroxylation is 1. The number of anilines is 1. The number of rotatable bonds is 8. The van der Waals surface area contributed by atoms with Gasteiger partial charge in [0.05, 0.1) is 27.6 Å². The van der Waals surface area contributed by atoms with Gasteiger partial charge in [-0.05, 0) is 91.4 Å². The third-order valence-electron chi connectivity index (χ3n) is 6.53. The normalized spacial score (nSPS) is 12.8. The Balaban J connectivity index is 1.17. The van der Waals surface area contributed by atoms with E-state index in [0.29, 0.717) is 37.8 Å². The van der Waals surface area contributed by atoms with Crippen molar-refractivity contribution in [1.82, 2.24) is 25.5 Å². The third-order valence-corrected chi connectivity index (χ3v) is 7.75. The first-order valence-corrected chi connectivity index (χ1v) is 14.6. The largest absolute Gasteiger partial charge is 0.619 e. The Morgan fingerprint density at radius 2 is 1.93 bits per heavy atom. The van der Waals surface area contributed by atoms with E-state index in [1.165, 1.54) is 54.7 Å². The molecule has 0 aliphatic heterocycles. The molecule has 5 rings (SSSR count). The second kappa shape index (κ2) is 12.2. The van der Waals surface area contributed by atoms with E-state index in [4.69, 9.17) is 11.6 Å². The third kappa shape index (κ3) is 7.26. The van der Waals surface area contributed by atoms with Crippen molar-refractivity contribution in [2.75, 3.05) is 11.1 Å². The number of aromatic nitrogens is 5. The van der Waals surface area contributed by atoms with Crippen LogP contribution in [0, 0.1) is 24.0 Å². The van der Waals surface area contributed by atoms with E-state index in [9.17, 15) is 14.8 Å². The summed E-state index contributed by atoms with van der Waals surface area (Å²) in [5.74, 6) is 6.31. The van der Waals surface area contributed by atoms with Gasteiger partial charge in [0.2, 0.25) is 11.1 Å². The van der Waals surface area contributed by atoms with Crippen LogP contribution in [-0.4, -0.2) is 43.3 Å². The number of carbonyl (C=O) groups excluding carboxylic acids is 2. The van der Waals surface area contributed by atoms with Crippen molar-refractivity contribution in [2.24, 2.45) is 0 Å². The first-order chi connectivity index (χ1) is 20.1. The van der Waals surface area contributed by atoms with Crippen LogP contribution < -0.4 is 15.4 Å². The van der Waals surface area contributed by atoms with Gasteiger partial charge in [0, 0.05) is 23.4 Å². The minimum Gasteiger partial charge on any atom is -0.619 e. The molecule has 2 amide bonds. The number of hydrogen-bond acceptors (Lipinski definition) is 7. The Morgan fingerprint density at radius 3 is 2.62 bits per heavy atom. The molecule has 4 aromatic rings. The number of nitrogens with zero attached hydrogens (tertiary/aromatic N) is 5. The zero-order chi connectivity index (χ0) is 29.9. The highest BCUT2D eigenvalue weighted by Gasteiger charge is 2.25. The van der Waals surface area contributed by atoms with Gasteiger partial charge < -0.3 is 15.8 Å². The van der Waals surface area contributed by atoms with E-state index in [-0.39, 0.29) is 17.6 Å². The van der Waals surface area contributed by atoms with Gasteiger partial charge in [0.15, 0.2) is 12.4 Å². The van der Waals surface area contributed by atoms with Crippen LogP contribution in [-0.2, 0) is 4.79 Å². The molecule has 2 aromatic heterocycles. The zero-order valence-electron chi connectivity index (χ0n) is 23.2. The van der Waals surface area contributed by atoms with Gasteiger partial charge in [0.25, 0.3) is 5.91 Å². The van der Waals surface area contributed by atoms with Crippen LogP contribution in [0.5, 0.6) is 0 Å². The summed E-state index contributed by atoms with van der Waals surface area (Å²) in [7, 11) is 0. The maximum Gasteiger partial charge on any atom is 0.252 e. The molecule has 0 bridgehead atoms. The van der Waals surface area contributed by atoms with E-state index < -0.39 is 5.54 Å². The van der Waals surface area contributed by atoms with Crippen molar-refractivity contribution in [1.29, 1.82) is 0 Å². The van der Waals surface area contributed by atoms with Gasteiger partial charge in [-0.2, -0.15) is 9.41 Å². The van der Waals surface area contributed by atoms with E-state index >= 15 is 0 Å². The fourth-order valence-electron chi connectivity index (χ4n) is 4.16. The van der Waals surface area contributed by atoms with Gasteiger partial charge in [-0.3, -0.25) is 9.59 Å². The number of hydrogen-bond donors (Lipinski definition) is 2. The number of nitrogens with one attached hydrogen (secondary N) is 2. The number of halogens is 1. The molecule has 0 atom stereocenters. The lowest BCUT2D eigenvalue weighted by atomic mass is 10.0. The quantitative estimate of drug-likeness (QED) is 0.132. The zero-order valence-corrected chi connectivity index (χ0v) is 24.8. The highest BCUT2D eigenvalue weighted by molar-refractivity contribution is 7.99. The lowest BCUT2D eigenvalue weighted by Crippen LogP contribution is -2.42. The Hall–Kier alpha value is -4.40. The number of benzene rings is 2. The lowest BCUT2D eigenvalue weighted by Gasteiger charge is -2.19. The van der Waals surface area contributed by atoms with Crippen LogP contribution in [0.1, 0.15) is 59.7 Å². The molecule has 1 aliphatic rings. The maximum absolute atomic E-state index is 12.8. The second-order valence-electron chi connectivity index (χ2n) is 10.5. The standard InChI is InChI=1S/C30H28ClN7O3S/c1-19-16-20(10-13-30(2,3)33-28(40)22-11-14-37(41)15-12-22)4-8-25(19)32-27(39)18-42-29-34-35-36-38(29)26-9-7-23(17-24(26)31)21-5-6-21/h4,7-9,11-12,14-17,21H,5-6,18H2,1-3H3,(H,32,39)(H,33,40). The van der Waals surface area contributed by atoms with Crippen molar-refractivity contribution < 1.29 is 14.3 Å². The molecule has 1 saturated carbocycles. The number of amides is 2. The summed E-state index contributed by atoms with van der Waals surface area (Å²) in [5.41, 5.74) is 3.67. The fraction of sp³-hybridized carbons (Fsp3) is 0.267. The molecule has 1 fully saturated rings. The van der Waals surface area contributed by atoms with Gasteiger partial charge in [-0.1, -0.05) is 41.3 Å². The molecule has 12 heteroatoms. The molecule has 214 valence electrons. The molecule has 0 saturated heterocycles. The molecular formula is C30H28ClN7O3S. The SMILES string of the molecule is Cc1cc(C#CC(C)(C)NC(=O)c2cc[n+]([O-])cc2)ccc1NC(=O)CSc1nnnn1-c1ccc(C2CC2)cc1Cl. The van der Waals surface area contributed by atoms with Gasteiger partial charge in [0.1, 0.15) is 0 Å². The molecule has 0 spiro atoms. The van der Waals surface area contributed by atoms with E-state index in [2.05, 4.69) is 38.0 Å². The molecule has 0 unspecified atom stereocenters.